The number of H-pyrrole nitrogens is 1. The molecule has 6 heteroatoms. The lowest BCUT2D eigenvalue weighted by atomic mass is 9.88. The fourth-order valence-corrected chi connectivity index (χ4v) is 3.72. The molecule has 1 aromatic carbocycles. The minimum atomic E-state index is -0.0248. The molecule has 1 aliphatic heterocycles. The van der Waals surface area contributed by atoms with Crippen LogP contribution in [0.1, 0.15) is 48.3 Å². The van der Waals surface area contributed by atoms with Crippen LogP contribution in [0.4, 0.5) is 0 Å². The summed E-state index contributed by atoms with van der Waals surface area (Å²) in [5.74, 6) is 1.05. The molecular formula is C18H22N4O2. The van der Waals surface area contributed by atoms with Crippen molar-refractivity contribution in [1.29, 1.82) is 0 Å². The van der Waals surface area contributed by atoms with E-state index in [0.717, 1.165) is 48.4 Å². The van der Waals surface area contributed by atoms with Gasteiger partial charge in [0.15, 0.2) is 0 Å². The van der Waals surface area contributed by atoms with E-state index >= 15 is 0 Å². The lowest BCUT2D eigenvalue weighted by molar-refractivity contribution is -0.126. The van der Waals surface area contributed by atoms with Gasteiger partial charge >= 0.3 is 0 Å². The van der Waals surface area contributed by atoms with Crippen LogP contribution in [0.2, 0.25) is 0 Å². The Bertz CT molecular complexity index is 755. The predicted octanol–water partition coefficient (Wildman–Crippen LogP) is 2.11. The SMILES string of the molecule is CCc1cccc2c1OCCC2NC(=O)C1CCc2n[nH]nc2C1. The first-order valence-electron chi connectivity index (χ1n) is 8.69. The maximum absolute atomic E-state index is 12.8. The van der Waals surface area contributed by atoms with Crippen molar-refractivity contribution < 1.29 is 9.53 Å². The van der Waals surface area contributed by atoms with Crippen molar-refractivity contribution in [2.75, 3.05) is 6.61 Å². The Balaban J connectivity index is 1.50. The summed E-state index contributed by atoms with van der Waals surface area (Å²) >= 11 is 0. The predicted molar refractivity (Wildman–Crippen MR) is 88.7 cm³/mol. The molecule has 0 fully saturated rings. The van der Waals surface area contributed by atoms with Crippen LogP contribution < -0.4 is 10.1 Å². The van der Waals surface area contributed by atoms with Crippen LogP contribution in [0.3, 0.4) is 0 Å². The minimum Gasteiger partial charge on any atom is -0.493 e. The fraction of sp³-hybridized carbons (Fsp3) is 0.500. The fourth-order valence-electron chi connectivity index (χ4n) is 3.72. The molecule has 0 bridgehead atoms. The molecule has 6 nitrogen and oxygen atoms in total. The molecule has 2 heterocycles. The van der Waals surface area contributed by atoms with Crippen LogP contribution in [-0.4, -0.2) is 27.9 Å². The Morgan fingerprint density at radius 1 is 1.33 bits per heavy atom. The number of carbonyl (C=O) groups excluding carboxylic acids is 1. The highest BCUT2D eigenvalue weighted by atomic mass is 16.5. The van der Waals surface area contributed by atoms with Crippen molar-refractivity contribution in [1.82, 2.24) is 20.7 Å². The Labute approximate surface area is 141 Å². The van der Waals surface area contributed by atoms with Crippen molar-refractivity contribution in [2.24, 2.45) is 5.92 Å². The second-order valence-electron chi connectivity index (χ2n) is 6.54. The smallest absolute Gasteiger partial charge is 0.224 e. The highest BCUT2D eigenvalue weighted by molar-refractivity contribution is 5.80. The van der Waals surface area contributed by atoms with E-state index in [1.165, 1.54) is 5.56 Å². The zero-order valence-corrected chi connectivity index (χ0v) is 13.8. The van der Waals surface area contributed by atoms with E-state index in [2.05, 4.69) is 39.8 Å². The molecule has 0 saturated carbocycles. The molecule has 2 atom stereocenters. The van der Waals surface area contributed by atoms with Crippen LogP contribution in [0.5, 0.6) is 5.75 Å². The van der Waals surface area contributed by atoms with Gasteiger partial charge in [-0.1, -0.05) is 25.1 Å². The number of nitrogens with zero attached hydrogens (tertiary/aromatic N) is 2. The average molecular weight is 326 g/mol. The standard InChI is InChI=1S/C18H22N4O2/c1-2-11-4-3-5-13-14(8-9-24-17(11)13)19-18(23)12-6-7-15-16(10-12)21-22-20-15/h3-5,12,14H,2,6-10H2,1H3,(H,19,23)(H,20,21,22). The van der Waals surface area contributed by atoms with E-state index in [-0.39, 0.29) is 17.9 Å². The van der Waals surface area contributed by atoms with Gasteiger partial charge in [0.05, 0.1) is 24.0 Å². The summed E-state index contributed by atoms with van der Waals surface area (Å²) in [4.78, 5) is 12.8. The van der Waals surface area contributed by atoms with Gasteiger partial charge in [0.2, 0.25) is 5.91 Å². The van der Waals surface area contributed by atoms with E-state index in [1.807, 2.05) is 6.07 Å². The molecule has 2 aliphatic rings. The van der Waals surface area contributed by atoms with E-state index in [4.69, 9.17) is 4.74 Å². The zero-order chi connectivity index (χ0) is 16.5. The third-order valence-corrected chi connectivity index (χ3v) is 5.10. The monoisotopic (exact) mass is 326 g/mol. The number of benzene rings is 1. The number of nitrogens with one attached hydrogen (secondary N) is 2. The number of aromatic nitrogens is 3. The van der Waals surface area contributed by atoms with Crippen molar-refractivity contribution in [3.05, 3.63) is 40.7 Å². The number of amides is 1. The van der Waals surface area contributed by atoms with Crippen molar-refractivity contribution >= 4 is 5.91 Å². The van der Waals surface area contributed by atoms with Gasteiger partial charge < -0.3 is 10.1 Å². The van der Waals surface area contributed by atoms with Gasteiger partial charge in [0.1, 0.15) is 5.75 Å². The number of aryl methyl sites for hydroxylation is 2. The van der Waals surface area contributed by atoms with Gasteiger partial charge in [0, 0.05) is 24.3 Å². The highest BCUT2D eigenvalue weighted by Crippen LogP contribution is 2.35. The van der Waals surface area contributed by atoms with Gasteiger partial charge in [-0.15, -0.1) is 0 Å². The maximum atomic E-state index is 12.8. The minimum absolute atomic E-state index is 0.0248. The van der Waals surface area contributed by atoms with Crippen molar-refractivity contribution in [3.63, 3.8) is 0 Å². The topological polar surface area (TPSA) is 79.9 Å². The van der Waals surface area contributed by atoms with Crippen LogP contribution in [-0.2, 0) is 24.1 Å². The summed E-state index contributed by atoms with van der Waals surface area (Å²) in [6.45, 7) is 2.77. The molecule has 24 heavy (non-hydrogen) atoms. The first kappa shape index (κ1) is 15.2. The van der Waals surface area contributed by atoms with Gasteiger partial charge in [-0.05, 0) is 24.8 Å². The quantitative estimate of drug-likeness (QED) is 0.905. The van der Waals surface area contributed by atoms with Crippen LogP contribution in [0.15, 0.2) is 18.2 Å². The normalized spacial score (nSPS) is 22.2. The molecule has 0 spiro atoms. The second-order valence-corrected chi connectivity index (χ2v) is 6.54. The molecule has 4 rings (SSSR count). The first-order valence-corrected chi connectivity index (χ1v) is 8.69. The number of hydrogen-bond acceptors (Lipinski definition) is 4. The molecule has 2 N–H and O–H groups in total. The molecule has 1 aromatic heterocycles. The van der Waals surface area contributed by atoms with Crippen molar-refractivity contribution in [3.8, 4) is 5.75 Å². The van der Waals surface area contributed by atoms with Crippen LogP contribution >= 0.6 is 0 Å². The number of aromatic amines is 1. The number of para-hydroxylation sites is 1. The third kappa shape index (κ3) is 2.66. The lowest BCUT2D eigenvalue weighted by Gasteiger charge is -2.30. The molecule has 2 aromatic rings. The number of fused-ring (bicyclic) bond motifs is 2. The van der Waals surface area contributed by atoms with E-state index in [9.17, 15) is 4.79 Å². The van der Waals surface area contributed by atoms with E-state index in [1.54, 1.807) is 0 Å². The van der Waals surface area contributed by atoms with Gasteiger partial charge in [0.25, 0.3) is 0 Å². The summed E-state index contributed by atoms with van der Waals surface area (Å²) < 4.78 is 5.87. The number of hydrogen-bond donors (Lipinski definition) is 2. The Morgan fingerprint density at radius 3 is 3.08 bits per heavy atom. The average Bonchev–Trinajstić information content (AvgIpc) is 3.09. The van der Waals surface area contributed by atoms with Crippen LogP contribution in [0, 0.1) is 5.92 Å². The molecular weight excluding hydrogens is 304 g/mol. The summed E-state index contributed by atoms with van der Waals surface area (Å²) in [6.07, 6.45) is 4.06. The molecule has 1 aliphatic carbocycles. The second kappa shape index (κ2) is 6.26. The highest BCUT2D eigenvalue weighted by Gasteiger charge is 2.30. The summed E-state index contributed by atoms with van der Waals surface area (Å²) in [6, 6.07) is 6.24. The van der Waals surface area contributed by atoms with E-state index < -0.39 is 0 Å². The summed E-state index contributed by atoms with van der Waals surface area (Å²) in [5, 5.41) is 14.2. The summed E-state index contributed by atoms with van der Waals surface area (Å²) in [7, 11) is 0. The summed E-state index contributed by atoms with van der Waals surface area (Å²) in [5.41, 5.74) is 4.24. The molecule has 1 amide bonds. The number of rotatable bonds is 3. The Kier molecular flexibility index (Phi) is 3.96. The Morgan fingerprint density at radius 2 is 2.21 bits per heavy atom. The largest absolute Gasteiger partial charge is 0.493 e. The maximum Gasteiger partial charge on any atom is 0.224 e. The molecule has 126 valence electrons. The van der Waals surface area contributed by atoms with Crippen LogP contribution in [0.25, 0.3) is 0 Å². The third-order valence-electron chi connectivity index (χ3n) is 5.10. The van der Waals surface area contributed by atoms with Gasteiger partial charge in [-0.25, -0.2) is 0 Å². The van der Waals surface area contributed by atoms with Gasteiger partial charge in [-0.3, -0.25) is 4.79 Å². The lowest BCUT2D eigenvalue weighted by Crippen LogP contribution is -2.38. The Hall–Kier alpha value is -2.37. The van der Waals surface area contributed by atoms with Gasteiger partial charge in [-0.2, -0.15) is 15.4 Å². The molecule has 0 radical (unpaired) electrons. The first-order chi connectivity index (χ1) is 11.8. The zero-order valence-electron chi connectivity index (χ0n) is 13.8. The van der Waals surface area contributed by atoms with E-state index in [0.29, 0.717) is 13.0 Å². The molecule has 0 saturated heterocycles. The number of ether oxygens (including phenoxy) is 1. The number of carbonyl (C=O) groups is 1. The molecule has 2 unspecified atom stereocenters. The van der Waals surface area contributed by atoms with Crippen molar-refractivity contribution in [2.45, 2.75) is 45.1 Å².